The summed E-state index contributed by atoms with van der Waals surface area (Å²) in [5.74, 6) is 0.373. The van der Waals surface area contributed by atoms with E-state index in [-0.39, 0.29) is 17.2 Å². The quantitative estimate of drug-likeness (QED) is 0.107. The van der Waals surface area contributed by atoms with Gasteiger partial charge in [-0.1, -0.05) is 36.4 Å². The number of carbonyl (C=O) groups excluding carboxylic acids is 3. The lowest BCUT2D eigenvalue weighted by atomic mass is 10.1. The maximum absolute atomic E-state index is 13.1. The molecule has 1 aliphatic heterocycles. The van der Waals surface area contributed by atoms with Crippen LogP contribution in [0.4, 0.5) is 4.79 Å². The second-order valence-corrected chi connectivity index (χ2v) is 10.9. The molecule has 5 rings (SSSR count). The van der Waals surface area contributed by atoms with Crippen LogP contribution in [0.1, 0.15) is 34.4 Å². The molecule has 0 spiro atoms. The molecule has 1 fully saturated rings. The number of ether oxygens (including phenoxy) is 3. The molecule has 2 amide bonds. The van der Waals surface area contributed by atoms with Gasteiger partial charge in [-0.15, -0.1) is 0 Å². The van der Waals surface area contributed by atoms with Crippen LogP contribution in [0.2, 0.25) is 0 Å². The Hall–Kier alpha value is -3.77. The molecular formula is C30H24INO7S. The van der Waals surface area contributed by atoms with Gasteiger partial charge in [0.05, 0.1) is 28.7 Å². The molecule has 1 saturated heterocycles. The smallest absolute Gasteiger partial charge is 0.373 e. The number of furan rings is 1. The Morgan fingerprint density at radius 3 is 2.60 bits per heavy atom. The summed E-state index contributed by atoms with van der Waals surface area (Å²) in [5, 5.41) is 1.88. The van der Waals surface area contributed by atoms with E-state index in [0.29, 0.717) is 36.0 Å². The van der Waals surface area contributed by atoms with Crippen LogP contribution in [0, 0.1) is 3.57 Å². The van der Waals surface area contributed by atoms with Gasteiger partial charge >= 0.3 is 5.97 Å². The number of rotatable bonds is 9. The van der Waals surface area contributed by atoms with Crippen molar-refractivity contribution >= 4 is 68.3 Å². The van der Waals surface area contributed by atoms with Crippen molar-refractivity contribution in [2.24, 2.45) is 0 Å². The number of thioether (sulfide) groups is 1. The van der Waals surface area contributed by atoms with E-state index in [4.69, 9.17) is 13.9 Å². The van der Waals surface area contributed by atoms with Gasteiger partial charge in [0, 0.05) is 0 Å². The van der Waals surface area contributed by atoms with Crippen molar-refractivity contribution in [3.05, 3.63) is 97.9 Å². The van der Waals surface area contributed by atoms with Crippen LogP contribution in [-0.4, -0.2) is 35.7 Å². The highest BCUT2D eigenvalue weighted by Crippen LogP contribution is 2.38. The normalized spacial score (nSPS) is 14.3. The first-order valence-corrected chi connectivity index (χ1v) is 14.2. The standard InChI is InChI=1S/C30H24INO7S/c1-3-37-25-14-19(13-23(31)27(25)38-17-18-8-9-20-6-4-5-7-21(20)12-18)15-26-28(33)32(30(35)40-26)16-22-10-11-24(39-22)29(34)36-2/h4-15H,3,16-17H2,1-2H3/b26-15+. The minimum atomic E-state index is -0.635. The molecule has 0 N–H and O–H groups in total. The van der Waals surface area contributed by atoms with Gasteiger partial charge < -0.3 is 18.6 Å². The molecule has 40 heavy (non-hydrogen) atoms. The van der Waals surface area contributed by atoms with Crippen LogP contribution in [-0.2, 0) is 22.7 Å². The number of hydrogen-bond acceptors (Lipinski definition) is 8. The third kappa shape index (κ3) is 6.02. The zero-order valence-corrected chi connectivity index (χ0v) is 24.6. The zero-order valence-electron chi connectivity index (χ0n) is 21.6. The van der Waals surface area contributed by atoms with Crippen LogP contribution in [0.15, 0.2) is 76.1 Å². The van der Waals surface area contributed by atoms with Crippen molar-refractivity contribution in [1.29, 1.82) is 0 Å². The first-order valence-electron chi connectivity index (χ1n) is 12.4. The van der Waals surface area contributed by atoms with Gasteiger partial charge in [0.15, 0.2) is 11.5 Å². The molecule has 2 heterocycles. The lowest BCUT2D eigenvalue weighted by Crippen LogP contribution is -2.27. The second-order valence-electron chi connectivity index (χ2n) is 8.76. The fourth-order valence-corrected chi connectivity index (χ4v) is 5.79. The van der Waals surface area contributed by atoms with Gasteiger partial charge in [-0.2, -0.15) is 0 Å². The van der Waals surface area contributed by atoms with Crippen LogP contribution in [0.25, 0.3) is 16.8 Å². The average Bonchev–Trinajstić information content (AvgIpc) is 3.52. The Morgan fingerprint density at radius 2 is 1.82 bits per heavy atom. The lowest BCUT2D eigenvalue weighted by Gasteiger charge is -2.15. The van der Waals surface area contributed by atoms with Gasteiger partial charge in [0.1, 0.15) is 12.4 Å². The minimum absolute atomic E-state index is 0.000895. The van der Waals surface area contributed by atoms with Crippen molar-refractivity contribution in [2.75, 3.05) is 13.7 Å². The number of esters is 1. The summed E-state index contributed by atoms with van der Waals surface area (Å²) in [6.07, 6.45) is 1.66. The number of benzene rings is 3. The molecule has 10 heteroatoms. The molecule has 0 unspecified atom stereocenters. The van der Waals surface area contributed by atoms with E-state index >= 15 is 0 Å². The third-order valence-electron chi connectivity index (χ3n) is 6.06. The number of amides is 2. The number of carbonyl (C=O) groups is 3. The Labute approximate surface area is 248 Å². The molecule has 1 aromatic heterocycles. The maximum Gasteiger partial charge on any atom is 0.373 e. The molecular weight excluding hydrogens is 645 g/mol. The topological polar surface area (TPSA) is 95.3 Å². The van der Waals surface area contributed by atoms with Crippen molar-refractivity contribution in [3.63, 3.8) is 0 Å². The van der Waals surface area contributed by atoms with Crippen molar-refractivity contribution in [1.82, 2.24) is 4.90 Å². The largest absolute Gasteiger partial charge is 0.490 e. The number of fused-ring (bicyclic) bond motifs is 1. The van der Waals surface area contributed by atoms with E-state index in [0.717, 1.165) is 31.2 Å². The highest BCUT2D eigenvalue weighted by Gasteiger charge is 2.36. The van der Waals surface area contributed by atoms with Crippen LogP contribution in [0.5, 0.6) is 11.5 Å². The zero-order chi connectivity index (χ0) is 28.2. The highest BCUT2D eigenvalue weighted by molar-refractivity contribution is 14.1. The van der Waals surface area contributed by atoms with Gasteiger partial charge in [-0.3, -0.25) is 14.5 Å². The summed E-state index contributed by atoms with van der Waals surface area (Å²) in [6, 6.07) is 21.0. The Morgan fingerprint density at radius 1 is 1.02 bits per heavy atom. The monoisotopic (exact) mass is 669 g/mol. The highest BCUT2D eigenvalue weighted by atomic mass is 127. The lowest BCUT2D eigenvalue weighted by molar-refractivity contribution is -0.123. The predicted octanol–water partition coefficient (Wildman–Crippen LogP) is 7.04. The number of methoxy groups -OCH3 is 1. The molecule has 204 valence electrons. The summed E-state index contributed by atoms with van der Waals surface area (Å²) in [6.45, 7) is 2.59. The molecule has 0 radical (unpaired) electrons. The molecule has 8 nitrogen and oxygen atoms in total. The van der Waals surface area contributed by atoms with Crippen molar-refractivity contribution in [3.8, 4) is 11.5 Å². The number of hydrogen-bond donors (Lipinski definition) is 0. The minimum Gasteiger partial charge on any atom is -0.490 e. The number of nitrogens with zero attached hydrogens (tertiary/aromatic N) is 1. The van der Waals surface area contributed by atoms with E-state index in [9.17, 15) is 14.4 Å². The van der Waals surface area contributed by atoms with E-state index in [1.807, 2.05) is 31.2 Å². The molecule has 0 aliphatic carbocycles. The Balaban J connectivity index is 1.33. The Kier molecular flexibility index (Phi) is 8.46. The van der Waals surface area contributed by atoms with Gasteiger partial charge in [-0.25, -0.2) is 4.79 Å². The SMILES string of the molecule is CCOc1cc(/C=C2/SC(=O)N(Cc3ccc(C(=O)OC)o3)C2=O)cc(I)c1OCc1ccc2ccccc2c1. The number of imide groups is 1. The van der Waals surface area contributed by atoms with Crippen molar-refractivity contribution in [2.45, 2.75) is 20.1 Å². The van der Waals surface area contributed by atoms with Crippen LogP contribution >= 0.6 is 34.4 Å². The van der Waals surface area contributed by atoms with Gasteiger partial charge in [0.2, 0.25) is 5.76 Å². The molecule has 0 atom stereocenters. The fourth-order valence-electron chi connectivity index (χ4n) is 4.18. The maximum atomic E-state index is 13.1. The summed E-state index contributed by atoms with van der Waals surface area (Å²) in [4.78, 5) is 38.7. The summed E-state index contributed by atoms with van der Waals surface area (Å²) in [7, 11) is 1.24. The molecule has 0 saturated carbocycles. The molecule has 3 aromatic carbocycles. The predicted molar refractivity (Wildman–Crippen MR) is 160 cm³/mol. The summed E-state index contributed by atoms with van der Waals surface area (Å²) < 4.78 is 22.9. The molecule has 1 aliphatic rings. The second kappa shape index (κ2) is 12.2. The Bertz CT molecular complexity index is 1640. The summed E-state index contributed by atoms with van der Waals surface area (Å²) in [5.41, 5.74) is 1.73. The first kappa shape index (κ1) is 27.8. The van der Waals surface area contributed by atoms with E-state index in [2.05, 4.69) is 51.6 Å². The van der Waals surface area contributed by atoms with Crippen LogP contribution in [0.3, 0.4) is 0 Å². The van der Waals surface area contributed by atoms with Crippen LogP contribution < -0.4 is 9.47 Å². The fraction of sp³-hybridized carbons (Fsp3) is 0.167. The number of halogens is 1. The van der Waals surface area contributed by atoms with Gasteiger partial charge in [0.25, 0.3) is 11.1 Å². The average molecular weight is 669 g/mol. The molecule has 0 bridgehead atoms. The molecule has 4 aromatic rings. The van der Waals surface area contributed by atoms with Gasteiger partial charge in [-0.05, 0) is 99.6 Å². The van der Waals surface area contributed by atoms with E-state index in [1.165, 1.54) is 24.6 Å². The summed E-state index contributed by atoms with van der Waals surface area (Å²) >= 11 is 3.02. The van der Waals surface area contributed by atoms with Crippen molar-refractivity contribution < 1.29 is 33.0 Å². The first-order chi connectivity index (χ1) is 19.4. The van der Waals surface area contributed by atoms with E-state index < -0.39 is 17.1 Å². The van der Waals surface area contributed by atoms with E-state index in [1.54, 1.807) is 12.1 Å². The third-order valence-corrected chi connectivity index (χ3v) is 7.77.